The molecule has 0 unspecified atom stereocenters. The van der Waals surface area contributed by atoms with Gasteiger partial charge in [0.25, 0.3) is 0 Å². The predicted molar refractivity (Wildman–Crippen MR) is 83.5 cm³/mol. The van der Waals surface area contributed by atoms with Crippen LogP contribution >= 0.6 is 0 Å². The van der Waals surface area contributed by atoms with E-state index in [0.29, 0.717) is 0 Å². The van der Waals surface area contributed by atoms with E-state index in [-0.39, 0.29) is 22.9 Å². The number of nitrogens with one attached hydrogen (secondary N) is 2. The molecule has 0 saturated carbocycles. The Kier molecular flexibility index (Phi) is 4.33. The first kappa shape index (κ1) is 15.8. The van der Waals surface area contributed by atoms with Crippen LogP contribution in [0.3, 0.4) is 0 Å². The maximum absolute atomic E-state index is 13.8. The van der Waals surface area contributed by atoms with E-state index >= 15 is 0 Å². The van der Waals surface area contributed by atoms with E-state index < -0.39 is 23.3 Å². The minimum atomic E-state index is -0.676. The van der Waals surface area contributed by atoms with Gasteiger partial charge in [0.1, 0.15) is 23.3 Å². The van der Waals surface area contributed by atoms with Gasteiger partial charge in [0.05, 0.1) is 17.1 Å². The molecule has 0 radical (unpaired) electrons. The smallest absolute Gasteiger partial charge is 0.154 e. The van der Waals surface area contributed by atoms with Gasteiger partial charge in [-0.05, 0) is 36.4 Å². The molecule has 0 spiro atoms. The van der Waals surface area contributed by atoms with Gasteiger partial charge in [0, 0.05) is 18.3 Å². The topological polar surface area (TPSA) is 37.0 Å². The molecule has 2 N–H and O–H groups in total. The summed E-state index contributed by atoms with van der Waals surface area (Å²) in [4.78, 5) is 4.01. The molecule has 3 nitrogen and oxygen atoms in total. The van der Waals surface area contributed by atoms with Crippen LogP contribution < -0.4 is 10.6 Å². The Hall–Kier alpha value is -3.09. The molecule has 7 heteroatoms. The summed E-state index contributed by atoms with van der Waals surface area (Å²) in [6, 6.07) is 8.98. The van der Waals surface area contributed by atoms with E-state index in [4.69, 9.17) is 0 Å². The van der Waals surface area contributed by atoms with Crippen LogP contribution in [0.25, 0.3) is 0 Å². The molecule has 0 atom stereocenters. The Morgan fingerprint density at radius 2 is 1.25 bits per heavy atom. The number of hydrogen-bond acceptors (Lipinski definition) is 3. The summed E-state index contributed by atoms with van der Waals surface area (Å²) in [7, 11) is 0. The third kappa shape index (κ3) is 3.45. The van der Waals surface area contributed by atoms with Crippen molar-refractivity contribution in [3.63, 3.8) is 0 Å². The maximum Gasteiger partial charge on any atom is 0.154 e. The van der Waals surface area contributed by atoms with Crippen molar-refractivity contribution in [2.45, 2.75) is 0 Å². The third-order valence-corrected chi connectivity index (χ3v) is 3.19. The van der Waals surface area contributed by atoms with Gasteiger partial charge in [-0.2, -0.15) is 0 Å². The number of aromatic nitrogens is 1. The van der Waals surface area contributed by atoms with Crippen LogP contribution in [0.1, 0.15) is 0 Å². The number of pyridine rings is 1. The number of rotatable bonds is 4. The molecule has 0 aliphatic heterocycles. The molecule has 0 saturated heterocycles. The van der Waals surface area contributed by atoms with Crippen molar-refractivity contribution in [3.05, 3.63) is 78.0 Å². The highest BCUT2D eigenvalue weighted by Crippen LogP contribution is 2.29. The van der Waals surface area contributed by atoms with Gasteiger partial charge in [-0.15, -0.1) is 0 Å². The number of benzene rings is 2. The van der Waals surface area contributed by atoms with E-state index in [1.807, 2.05) is 0 Å². The standard InChI is InChI=1S/C17H11F4N3/c18-10-3-5-12(20)15(8-10)23-14-2-1-7-22-17(14)24-16-9-11(19)4-6-13(16)21/h1-9,23H,(H,22,24). The van der Waals surface area contributed by atoms with Gasteiger partial charge in [-0.25, -0.2) is 22.5 Å². The monoisotopic (exact) mass is 333 g/mol. The Morgan fingerprint density at radius 3 is 1.88 bits per heavy atom. The Labute approximate surface area is 135 Å². The maximum atomic E-state index is 13.8. The first-order valence-electron chi connectivity index (χ1n) is 6.92. The zero-order chi connectivity index (χ0) is 17.1. The second kappa shape index (κ2) is 6.57. The quantitative estimate of drug-likeness (QED) is 0.650. The summed E-state index contributed by atoms with van der Waals surface area (Å²) in [5.41, 5.74) is 0.0351. The molecule has 0 fully saturated rings. The molecular weight excluding hydrogens is 322 g/mol. The van der Waals surface area contributed by atoms with Crippen molar-refractivity contribution in [2.24, 2.45) is 0 Å². The van der Waals surface area contributed by atoms with Crippen molar-refractivity contribution in [3.8, 4) is 0 Å². The molecule has 2 aromatic carbocycles. The van der Waals surface area contributed by atoms with E-state index in [2.05, 4.69) is 15.6 Å². The lowest BCUT2D eigenvalue weighted by atomic mass is 10.2. The van der Waals surface area contributed by atoms with Crippen LogP contribution in [0.2, 0.25) is 0 Å². The minimum absolute atomic E-state index is 0.106. The van der Waals surface area contributed by atoms with Gasteiger partial charge < -0.3 is 10.6 Å². The average Bonchev–Trinajstić information content (AvgIpc) is 2.56. The fourth-order valence-corrected chi connectivity index (χ4v) is 2.07. The molecule has 0 aliphatic rings. The largest absolute Gasteiger partial charge is 0.350 e. The van der Waals surface area contributed by atoms with Crippen LogP contribution in [-0.4, -0.2) is 4.98 Å². The van der Waals surface area contributed by atoms with Crippen molar-refractivity contribution in [1.29, 1.82) is 0 Å². The van der Waals surface area contributed by atoms with E-state index in [1.165, 1.54) is 12.3 Å². The number of halogens is 4. The van der Waals surface area contributed by atoms with Crippen LogP contribution in [0.5, 0.6) is 0 Å². The zero-order valence-corrected chi connectivity index (χ0v) is 12.2. The highest BCUT2D eigenvalue weighted by Gasteiger charge is 2.11. The lowest BCUT2D eigenvalue weighted by Gasteiger charge is -2.14. The van der Waals surface area contributed by atoms with E-state index in [1.54, 1.807) is 6.07 Å². The molecule has 0 amide bonds. The van der Waals surface area contributed by atoms with E-state index in [9.17, 15) is 17.6 Å². The molecular formula is C17H11F4N3. The highest BCUT2D eigenvalue weighted by atomic mass is 19.1. The van der Waals surface area contributed by atoms with Gasteiger partial charge >= 0.3 is 0 Å². The van der Waals surface area contributed by atoms with Gasteiger partial charge in [0.2, 0.25) is 0 Å². The van der Waals surface area contributed by atoms with Gasteiger partial charge in [0.15, 0.2) is 5.82 Å². The number of nitrogens with zero attached hydrogens (tertiary/aromatic N) is 1. The zero-order valence-electron chi connectivity index (χ0n) is 12.2. The Morgan fingerprint density at radius 1 is 0.667 bits per heavy atom. The molecule has 3 rings (SSSR count). The fourth-order valence-electron chi connectivity index (χ4n) is 2.07. The van der Waals surface area contributed by atoms with Crippen molar-refractivity contribution in [2.75, 3.05) is 10.6 Å². The summed E-state index contributed by atoms with van der Waals surface area (Å²) >= 11 is 0. The molecule has 1 heterocycles. The van der Waals surface area contributed by atoms with Crippen molar-refractivity contribution < 1.29 is 17.6 Å². The first-order valence-corrected chi connectivity index (χ1v) is 6.92. The molecule has 3 aromatic rings. The van der Waals surface area contributed by atoms with E-state index in [0.717, 1.165) is 36.4 Å². The molecule has 0 bridgehead atoms. The van der Waals surface area contributed by atoms with Crippen molar-refractivity contribution in [1.82, 2.24) is 4.98 Å². The molecule has 1 aromatic heterocycles. The van der Waals surface area contributed by atoms with Crippen LogP contribution in [0, 0.1) is 23.3 Å². The summed E-state index contributed by atoms with van der Waals surface area (Å²) < 4.78 is 54.0. The Bertz CT molecular complexity index is 811. The average molecular weight is 333 g/mol. The lowest BCUT2D eigenvalue weighted by molar-refractivity contribution is 0.603. The molecule has 0 aliphatic carbocycles. The van der Waals surface area contributed by atoms with Gasteiger partial charge in [-0.3, -0.25) is 0 Å². The fraction of sp³-hybridized carbons (Fsp3) is 0. The second-order valence-electron chi connectivity index (χ2n) is 4.90. The van der Waals surface area contributed by atoms with Crippen LogP contribution in [-0.2, 0) is 0 Å². The van der Waals surface area contributed by atoms with Crippen molar-refractivity contribution >= 4 is 22.9 Å². The predicted octanol–water partition coefficient (Wildman–Crippen LogP) is 5.13. The summed E-state index contributed by atoms with van der Waals surface area (Å²) in [6.07, 6.45) is 1.42. The summed E-state index contributed by atoms with van der Waals surface area (Å²) in [5, 5.41) is 5.31. The number of anilines is 4. The van der Waals surface area contributed by atoms with Gasteiger partial charge in [-0.1, -0.05) is 0 Å². The Balaban J connectivity index is 1.93. The third-order valence-electron chi connectivity index (χ3n) is 3.19. The minimum Gasteiger partial charge on any atom is -0.350 e. The molecule has 24 heavy (non-hydrogen) atoms. The molecule has 122 valence electrons. The summed E-state index contributed by atoms with van der Waals surface area (Å²) in [6.45, 7) is 0. The first-order chi connectivity index (χ1) is 11.5. The second-order valence-corrected chi connectivity index (χ2v) is 4.90. The normalized spacial score (nSPS) is 10.5. The number of hydrogen-bond donors (Lipinski definition) is 2. The SMILES string of the molecule is Fc1ccc(F)c(Nc2cccnc2Nc2cc(F)ccc2F)c1. The highest BCUT2D eigenvalue weighted by molar-refractivity contribution is 5.75. The lowest BCUT2D eigenvalue weighted by Crippen LogP contribution is -2.02. The van der Waals surface area contributed by atoms with Crippen LogP contribution in [0.15, 0.2) is 54.7 Å². The summed E-state index contributed by atoms with van der Waals surface area (Å²) in [5.74, 6) is -2.45. The van der Waals surface area contributed by atoms with Crippen LogP contribution in [0.4, 0.5) is 40.4 Å².